The van der Waals surface area contributed by atoms with Gasteiger partial charge in [0, 0.05) is 0 Å². The van der Waals surface area contributed by atoms with Gasteiger partial charge in [-0.1, -0.05) is 68.4 Å². The van der Waals surface area contributed by atoms with Gasteiger partial charge in [0.15, 0.2) is 0 Å². The lowest BCUT2D eigenvalue weighted by Gasteiger charge is -2.22. The van der Waals surface area contributed by atoms with Crippen molar-refractivity contribution in [2.45, 2.75) is 57.3 Å². The molecular formula is C27H32O2. The van der Waals surface area contributed by atoms with Gasteiger partial charge in [0.05, 0.1) is 0 Å². The van der Waals surface area contributed by atoms with Crippen LogP contribution in [0, 0.1) is 0 Å². The Morgan fingerprint density at radius 3 is 1.76 bits per heavy atom. The maximum absolute atomic E-state index is 9.77. The van der Waals surface area contributed by atoms with Crippen molar-refractivity contribution in [3.63, 3.8) is 0 Å². The Balaban J connectivity index is 1.67. The quantitative estimate of drug-likeness (QED) is 0.402. The standard InChI is InChI=1S/C27H32O2/c1-20(22-7-4-3-5-8-22)11-13-23(24-15-17-26(28)18-16-24)14-12-21(2)25-9-6-10-27(29)19-25/h3-10,15-21,23,28-29H,11-14H2,1-2H3. The Hall–Kier alpha value is -2.74. The Morgan fingerprint density at radius 2 is 1.14 bits per heavy atom. The average molecular weight is 389 g/mol. The first-order valence-corrected chi connectivity index (χ1v) is 10.7. The number of phenols is 2. The Labute approximate surface area is 174 Å². The lowest BCUT2D eigenvalue weighted by Crippen LogP contribution is -2.05. The van der Waals surface area contributed by atoms with Crippen LogP contribution in [0.2, 0.25) is 0 Å². The number of phenolic OH excluding ortho intramolecular Hbond substituents is 2. The van der Waals surface area contributed by atoms with E-state index in [-0.39, 0.29) is 0 Å². The fraction of sp³-hybridized carbons (Fsp3) is 0.333. The van der Waals surface area contributed by atoms with Crippen molar-refractivity contribution in [1.29, 1.82) is 0 Å². The summed E-state index contributed by atoms with van der Waals surface area (Å²) in [5.74, 6) is 2.04. The molecule has 29 heavy (non-hydrogen) atoms. The zero-order valence-corrected chi connectivity index (χ0v) is 17.5. The average Bonchev–Trinajstić information content (AvgIpc) is 2.75. The van der Waals surface area contributed by atoms with E-state index in [1.165, 1.54) is 16.7 Å². The van der Waals surface area contributed by atoms with Crippen molar-refractivity contribution in [3.8, 4) is 11.5 Å². The molecule has 0 aliphatic rings. The van der Waals surface area contributed by atoms with Crippen LogP contribution in [-0.4, -0.2) is 10.2 Å². The third-order valence-electron chi connectivity index (χ3n) is 6.07. The van der Waals surface area contributed by atoms with Crippen LogP contribution in [0.15, 0.2) is 78.9 Å². The molecule has 2 nitrogen and oxygen atoms in total. The summed E-state index contributed by atoms with van der Waals surface area (Å²) in [4.78, 5) is 0. The second kappa shape index (κ2) is 10.2. The predicted octanol–water partition coefficient (Wildman–Crippen LogP) is 7.35. The van der Waals surface area contributed by atoms with Crippen LogP contribution in [0.5, 0.6) is 11.5 Å². The summed E-state index contributed by atoms with van der Waals surface area (Å²) in [6.45, 7) is 4.54. The third kappa shape index (κ3) is 6.12. The molecule has 0 saturated heterocycles. The molecule has 0 saturated carbocycles. The Kier molecular flexibility index (Phi) is 7.35. The van der Waals surface area contributed by atoms with Crippen molar-refractivity contribution in [3.05, 3.63) is 95.6 Å². The van der Waals surface area contributed by atoms with Crippen LogP contribution in [0.3, 0.4) is 0 Å². The van der Waals surface area contributed by atoms with Gasteiger partial charge in [-0.25, -0.2) is 0 Å². The molecule has 0 aromatic heterocycles. The highest BCUT2D eigenvalue weighted by Gasteiger charge is 2.17. The van der Waals surface area contributed by atoms with Gasteiger partial charge in [-0.05, 0) is 84.4 Å². The van der Waals surface area contributed by atoms with E-state index in [1.807, 2.05) is 12.1 Å². The Morgan fingerprint density at radius 1 is 0.552 bits per heavy atom. The molecule has 3 aromatic carbocycles. The van der Waals surface area contributed by atoms with Crippen LogP contribution in [0.1, 0.15) is 74.0 Å². The number of rotatable bonds is 9. The molecule has 2 N–H and O–H groups in total. The SMILES string of the molecule is CC(CCC(CCC(C)c1cccc(O)c1)c1ccc(O)cc1)c1ccccc1. The van der Waals surface area contributed by atoms with E-state index in [9.17, 15) is 10.2 Å². The van der Waals surface area contributed by atoms with E-state index in [1.54, 1.807) is 18.2 Å². The first-order valence-electron chi connectivity index (χ1n) is 10.7. The molecule has 0 bridgehead atoms. The van der Waals surface area contributed by atoms with Gasteiger partial charge in [-0.3, -0.25) is 0 Å². The molecule has 0 aliphatic heterocycles. The third-order valence-corrected chi connectivity index (χ3v) is 6.07. The smallest absolute Gasteiger partial charge is 0.115 e. The number of hydrogen-bond acceptors (Lipinski definition) is 2. The summed E-state index contributed by atoms with van der Waals surface area (Å²) >= 11 is 0. The van der Waals surface area contributed by atoms with Crippen molar-refractivity contribution in [1.82, 2.24) is 0 Å². The highest BCUT2D eigenvalue weighted by molar-refractivity contribution is 5.30. The maximum Gasteiger partial charge on any atom is 0.115 e. The van der Waals surface area contributed by atoms with Crippen LogP contribution >= 0.6 is 0 Å². The predicted molar refractivity (Wildman–Crippen MR) is 121 cm³/mol. The molecule has 3 atom stereocenters. The second-order valence-corrected chi connectivity index (χ2v) is 8.25. The molecule has 0 radical (unpaired) electrons. The normalized spacial score (nSPS) is 14.3. The second-order valence-electron chi connectivity index (χ2n) is 8.25. The summed E-state index contributed by atoms with van der Waals surface area (Å²) in [5, 5.41) is 19.4. The minimum atomic E-state index is 0.318. The van der Waals surface area contributed by atoms with Gasteiger partial charge in [0.1, 0.15) is 11.5 Å². The monoisotopic (exact) mass is 388 g/mol. The zero-order chi connectivity index (χ0) is 20.6. The van der Waals surface area contributed by atoms with Crippen LogP contribution in [0.25, 0.3) is 0 Å². The van der Waals surface area contributed by atoms with Gasteiger partial charge < -0.3 is 10.2 Å². The first kappa shape index (κ1) is 21.0. The molecule has 3 aromatic rings. The molecule has 0 fully saturated rings. The van der Waals surface area contributed by atoms with Crippen LogP contribution < -0.4 is 0 Å². The molecule has 2 heteroatoms. The molecule has 3 rings (SSSR count). The molecule has 0 aliphatic carbocycles. The summed E-state index contributed by atoms with van der Waals surface area (Å²) in [7, 11) is 0. The molecular weight excluding hydrogens is 356 g/mol. The van der Waals surface area contributed by atoms with E-state index in [0.717, 1.165) is 25.7 Å². The van der Waals surface area contributed by atoms with Crippen molar-refractivity contribution >= 4 is 0 Å². The molecule has 0 spiro atoms. The summed E-state index contributed by atoms with van der Waals surface area (Å²) in [6, 6.07) is 26.0. The van der Waals surface area contributed by atoms with Crippen molar-refractivity contribution in [2.75, 3.05) is 0 Å². The summed E-state index contributed by atoms with van der Waals surface area (Å²) in [6.07, 6.45) is 4.40. The highest BCUT2D eigenvalue weighted by atomic mass is 16.3. The van der Waals surface area contributed by atoms with Gasteiger partial charge in [-0.2, -0.15) is 0 Å². The Bertz CT molecular complexity index is 871. The maximum atomic E-state index is 9.77. The molecule has 0 heterocycles. The largest absolute Gasteiger partial charge is 0.508 e. The number of benzene rings is 3. The fourth-order valence-corrected chi connectivity index (χ4v) is 4.07. The minimum Gasteiger partial charge on any atom is -0.508 e. The molecule has 3 unspecified atom stereocenters. The van der Waals surface area contributed by atoms with E-state index in [2.05, 4.69) is 62.4 Å². The number of aromatic hydroxyl groups is 2. The van der Waals surface area contributed by atoms with Crippen molar-refractivity contribution in [2.24, 2.45) is 0 Å². The van der Waals surface area contributed by atoms with E-state index < -0.39 is 0 Å². The fourth-order valence-electron chi connectivity index (χ4n) is 4.07. The minimum absolute atomic E-state index is 0.318. The van der Waals surface area contributed by atoms with Gasteiger partial charge in [-0.15, -0.1) is 0 Å². The van der Waals surface area contributed by atoms with Gasteiger partial charge in [0.2, 0.25) is 0 Å². The topological polar surface area (TPSA) is 40.5 Å². The van der Waals surface area contributed by atoms with Crippen LogP contribution in [0.4, 0.5) is 0 Å². The van der Waals surface area contributed by atoms with E-state index in [4.69, 9.17) is 0 Å². The lowest BCUT2D eigenvalue weighted by molar-refractivity contribution is 0.467. The molecule has 0 amide bonds. The van der Waals surface area contributed by atoms with E-state index in [0.29, 0.717) is 29.3 Å². The number of hydrogen-bond donors (Lipinski definition) is 2. The zero-order valence-electron chi connectivity index (χ0n) is 17.5. The van der Waals surface area contributed by atoms with Crippen LogP contribution in [-0.2, 0) is 0 Å². The first-order chi connectivity index (χ1) is 14.0. The van der Waals surface area contributed by atoms with E-state index >= 15 is 0 Å². The van der Waals surface area contributed by atoms with Crippen molar-refractivity contribution < 1.29 is 10.2 Å². The van der Waals surface area contributed by atoms with Gasteiger partial charge in [0.25, 0.3) is 0 Å². The van der Waals surface area contributed by atoms with Gasteiger partial charge >= 0.3 is 0 Å². The summed E-state index contributed by atoms with van der Waals surface area (Å²) < 4.78 is 0. The lowest BCUT2D eigenvalue weighted by atomic mass is 9.83. The highest BCUT2D eigenvalue weighted by Crippen LogP contribution is 2.34. The summed E-state index contributed by atoms with van der Waals surface area (Å²) in [5.41, 5.74) is 3.88. The molecule has 152 valence electrons.